The van der Waals surface area contributed by atoms with Gasteiger partial charge in [-0.1, -0.05) is 50.6 Å². The molecular formula is C22H25N3O3. The molecule has 0 aliphatic heterocycles. The van der Waals surface area contributed by atoms with Gasteiger partial charge < -0.3 is 9.26 Å². The summed E-state index contributed by atoms with van der Waals surface area (Å²) in [7, 11) is 0. The van der Waals surface area contributed by atoms with Gasteiger partial charge in [-0.15, -0.1) is 0 Å². The first kappa shape index (κ1) is 19.6. The Kier molecular flexibility index (Phi) is 5.49. The highest BCUT2D eigenvalue weighted by atomic mass is 16.5. The average Bonchev–Trinajstić information content (AvgIpc) is 3.10. The molecule has 0 spiro atoms. The van der Waals surface area contributed by atoms with Gasteiger partial charge in [0.15, 0.2) is 6.10 Å². The first-order valence-electron chi connectivity index (χ1n) is 9.21. The maximum atomic E-state index is 12.4. The Morgan fingerprint density at radius 2 is 1.86 bits per heavy atom. The maximum Gasteiger partial charge on any atom is 0.270 e. The lowest BCUT2D eigenvalue weighted by Gasteiger charge is -2.20. The minimum absolute atomic E-state index is 0.0646. The Hall–Kier alpha value is -3.15. The molecule has 1 N–H and O–H groups in total. The van der Waals surface area contributed by atoms with Crippen LogP contribution < -0.4 is 10.1 Å². The third kappa shape index (κ3) is 4.76. The zero-order valence-corrected chi connectivity index (χ0v) is 16.8. The van der Waals surface area contributed by atoms with Crippen molar-refractivity contribution in [1.82, 2.24) is 10.1 Å². The van der Waals surface area contributed by atoms with Crippen LogP contribution >= 0.6 is 0 Å². The summed E-state index contributed by atoms with van der Waals surface area (Å²) >= 11 is 0. The van der Waals surface area contributed by atoms with Crippen LogP contribution in [0.2, 0.25) is 0 Å². The van der Waals surface area contributed by atoms with Crippen LogP contribution in [0.3, 0.4) is 0 Å². The summed E-state index contributed by atoms with van der Waals surface area (Å²) in [4.78, 5) is 16.6. The van der Waals surface area contributed by atoms with E-state index >= 15 is 0 Å². The van der Waals surface area contributed by atoms with Crippen molar-refractivity contribution >= 4 is 11.9 Å². The molecule has 3 aromatic rings. The summed E-state index contributed by atoms with van der Waals surface area (Å²) in [6, 6.07) is 15.5. The molecule has 0 radical (unpaired) electrons. The Morgan fingerprint density at radius 1 is 1.14 bits per heavy atom. The van der Waals surface area contributed by atoms with Gasteiger partial charge in [-0.3, -0.25) is 10.1 Å². The number of benzene rings is 2. The molecule has 0 fully saturated rings. The van der Waals surface area contributed by atoms with Crippen LogP contribution in [-0.2, 0) is 10.2 Å². The predicted molar refractivity (Wildman–Crippen MR) is 108 cm³/mol. The number of hydrogen-bond donors (Lipinski definition) is 1. The van der Waals surface area contributed by atoms with Crippen molar-refractivity contribution < 1.29 is 14.1 Å². The Balaban J connectivity index is 1.62. The molecular weight excluding hydrogens is 354 g/mol. The van der Waals surface area contributed by atoms with Gasteiger partial charge in [0.2, 0.25) is 0 Å². The molecule has 1 heterocycles. The molecule has 1 aromatic heterocycles. The third-order valence-corrected chi connectivity index (χ3v) is 4.33. The fraction of sp³-hybridized carbons (Fsp3) is 0.318. The highest BCUT2D eigenvalue weighted by molar-refractivity contribution is 5.92. The number of ether oxygens (including phenoxy) is 1. The Bertz CT molecular complexity index is 956. The fourth-order valence-electron chi connectivity index (χ4n) is 2.67. The number of rotatable bonds is 5. The lowest BCUT2D eigenvalue weighted by atomic mass is 9.87. The first-order valence-corrected chi connectivity index (χ1v) is 9.21. The number of anilines is 1. The first-order chi connectivity index (χ1) is 13.2. The molecule has 0 aliphatic carbocycles. The number of nitrogens with one attached hydrogen (secondary N) is 1. The van der Waals surface area contributed by atoms with Crippen LogP contribution in [0.15, 0.2) is 53.1 Å². The monoisotopic (exact) mass is 379 g/mol. The molecule has 3 rings (SSSR count). The van der Waals surface area contributed by atoms with Crippen molar-refractivity contribution in [2.45, 2.75) is 46.1 Å². The number of nitrogens with zero attached hydrogens (tertiary/aromatic N) is 2. The van der Waals surface area contributed by atoms with Crippen molar-refractivity contribution in [1.29, 1.82) is 0 Å². The number of carbonyl (C=O) groups excluding carboxylic acids is 1. The van der Waals surface area contributed by atoms with Crippen molar-refractivity contribution in [3.05, 3.63) is 59.7 Å². The second-order valence-electron chi connectivity index (χ2n) is 7.82. The molecule has 0 saturated carbocycles. The standard InChI is InChI=1S/C22H25N3O3/c1-14-7-6-8-16(13-14)20-24-21(25-28-20)23-19(26)15(2)27-18-11-9-17(10-12-18)22(3,4)5/h6-13,15H,1-5H3,(H,23,25,26). The molecule has 2 aromatic carbocycles. The number of hydrogen-bond acceptors (Lipinski definition) is 5. The highest BCUT2D eigenvalue weighted by Gasteiger charge is 2.19. The van der Waals surface area contributed by atoms with Crippen LogP contribution in [0.4, 0.5) is 5.95 Å². The van der Waals surface area contributed by atoms with E-state index in [1.54, 1.807) is 6.92 Å². The highest BCUT2D eigenvalue weighted by Crippen LogP contribution is 2.25. The maximum absolute atomic E-state index is 12.4. The van der Waals surface area contributed by atoms with Gasteiger partial charge in [-0.25, -0.2) is 0 Å². The van der Waals surface area contributed by atoms with E-state index < -0.39 is 6.10 Å². The van der Waals surface area contributed by atoms with Gasteiger partial charge >= 0.3 is 0 Å². The molecule has 0 bridgehead atoms. The summed E-state index contributed by atoms with van der Waals surface area (Å²) < 4.78 is 11.0. The van der Waals surface area contributed by atoms with Crippen LogP contribution in [-0.4, -0.2) is 22.2 Å². The van der Waals surface area contributed by atoms with E-state index in [1.807, 2.05) is 55.5 Å². The van der Waals surface area contributed by atoms with Crippen molar-refractivity contribution in [3.63, 3.8) is 0 Å². The number of amides is 1. The van der Waals surface area contributed by atoms with Crippen LogP contribution in [0, 0.1) is 6.92 Å². The van der Waals surface area contributed by atoms with E-state index in [0.717, 1.165) is 11.1 Å². The minimum Gasteiger partial charge on any atom is -0.481 e. The number of aromatic nitrogens is 2. The molecule has 6 heteroatoms. The fourth-order valence-corrected chi connectivity index (χ4v) is 2.67. The molecule has 28 heavy (non-hydrogen) atoms. The smallest absolute Gasteiger partial charge is 0.270 e. The van der Waals surface area contributed by atoms with E-state index in [1.165, 1.54) is 5.56 Å². The van der Waals surface area contributed by atoms with Gasteiger partial charge in [-0.05, 0) is 54.2 Å². The van der Waals surface area contributed by atoms with Crippen molar-refractivity contribution in [2.75, 3.05) is 5.32 Å². The van der Waals surface area contributed by atoms with Gasteiger partial charge in [0, 0.05) is 5.56 Å². The van der Waals surface area contributed by atoms with E-state index in [2.05, 4.69) is 36.2 Å². The Labute approximate surface area is 164 Å². The largest absolute Gasteiger partial charge is 0.481 e. The summed E-state index contributed by atoms with van der Waals surface area (Å²) in [5.74, 6) is 0.742. The minimum atomic E-state index is -0.707. The van der Waals surface area contributed by atoms with Crippen LogP contribution in [0.25, 0.3) is 11.5 Å². The quantitative estimate of drug-likeness (QED) is 0.692. The lowest BCUT2D eigenvalue weighted by Crippen LogP contribution is -2.30. The van der Waals surface area contributed by atoms with E-state index in [9.17, 15) is 4.79 Å². The second-order valence-corrected chi connectivity index (χ2v) is 7.82. The van der Waals surface area contributed by atoms with Crippen molar-refractivity contribution in [3.8, 4) is 17.2 Å². The summed E-state index contributed by atoms with van der Waals surface area (Å²) in [6.07, 6.45) is -0.707. The van der Waals surface area contributed by atoms with E-state index in [4.69, 9.17) is 9.26 Å². The zero-order chi connectivity index (χ0) is 20.3. The normalized spacial score (nSPS) is 12.5. The number of aryl methyl sites for hydroxylation is 1. The second kappa shape index (κ2) is 7.84. The Morgan fingerprint density at radius 3 is 2.50 bits per heavy atom. The van der Waals surface area contributed by atoms with Gasteiger partial charge in [-0.2, -0.15) is 4.98 Å². The van der Waals surface area contributed by atoms with E-state index in [-0.39, 0.29) is 17.3 Å². The van der Waals surface area contributed by atoms with Crippen LogP contribution in [0.5, 0.6) is 5.75 Å². The SMILES string of the molecule is Cc1cccc(-c2nc(NC(=O)C(C)Oc3ccc(C(C)(C)C)cc3)no2)c1. The molecule has 146 valence electrons. The third-order valence-electron chi connectivity index (χ3n) is 4.33. The zero-order valence-electron chi connectivity index (χ0n) is 16.8. The van der Waals surface area contributed by atoms with Crippen molar-refractivity contribution in [2.24, 2.45) is 0 Å². The summed E-state index contributed by atoms with van der Waals surface area (Å²) in [6.45, 7) is 10.1. The van der Waals surface area contributed by atoms with Crippen LogP contribution in [0.1, 0.15) is 38.8 Å². The van der Waals surface area contributed by atoms with Gasteiger partial charge in [0.25, 0.3) is 17.7 Å². The molecule has 6 nitrogen and oxygen atoms in total. The molecule has 1 amide bonds. The topological polar surface area (TPSA) is 77.2 Å². The number of carbonyl (C=O) groups is 1. The summed E-state index contributed by atoms with van der Waals surface area (Å²) in [5.41, 5.74) is 3.15. The average molecular weight is 379 g/mol. The van der Waals surface area contributed by atoms with Gasteiger partial charge in [0.05, 0.1) is 0 Å². The molecule has 1 atom stereocenters. The lowest BCUT2D eigenvalue weighted by molar-refractivity contribution is -0.122. The molecule has 0 saturated heterocycles. The van der Waals surface area contributed by atoms with Gasteiger partial charge in [0.1, 0.15) is 5.75 Å². The summed E-state index contributed by atoms with van der Waals surface area (Å²) in [5, 5.41) is 6.44. The molecule has 0 aliphatic rings. The molecule has 1 unspecified atom stereocenters. The predicted octanol–water partition coefficient (Wildman–Crippen LogP) is 4.75. The van der Waals surface area contributed by atoms with E-state index in [0.29, 0.717) is 11.6 Å².